The molecular weight excluding hydrogens is 258 g/mol. The highest BCUT2D eigenvalue weighted by molar-refractivity contribution is 5.95. The number of aryl methyl sites for hydroxylation is 1. The fourth-order valence-corrected chi connectivity index (χ4v) is 2.66. The van der Waals surface area contributed by atoms with Gasteiger partial charge in [0.2, 0.25) is 0 Å². The van der Waals surface area contributed by atoms with E-state index in [0.29, 0.717) is 0 Å². The van der Waals surface area contributed by atoms with E-state index in [1.165, 1.54) is 5.56 Å². The summed E-state index contributed by atoms with van der Waals surface area (Å²) in [5.41, 5.74) is 8.07. The highest BCUT2D eigenvalue weighted by atomic mass is 15.2. The maximum atomic E-state index is 5.71. The van der Waals surface area contributed by atoms with Gasteiger partial charge in [-0.3, -0.25) is 5.84 Å². The van der Waals surface area contributed by atoms with Gasteiger partial charge in [-0.25, -0.2) is 4.98 Å². The summed E-state index contributed by atoms with van der Waals surface area (Å²) in [7, 11) is 0. The average Bonchev–Trinajstić information content (AvgIpc) is 2.55. The number of hydrogen-bond donors (Lipinski definition) is 2. The zero-order valence-corrected chi connectivity index (χ0v) is 12.1. The maximum absolute atomic E-state index is 5.71. The number of benzene rings is 2. The van der Waals surface area contributed by atoms with Crippen LogP contribution in [0.25, 0.3) is 22.2 Å². The quantitative estimate of drug-likeness (QED) is 0.556. The van der Waals surface area contributed by atoms with Gasteiger partial charge in [-0.1, -0.05) is 61.9 Å². The molecule has 0 amide bonds. The van der Waals surface area contributed by atoms with Gasteiger partial charge in [0.05, 0.1) is 16.9 Å². The largest absolute Gasteiger partial charge is 0.323 e. The Labute approximate surface area is 124 Å². The molecule has 0 spiro atoms. The second kappa shape index (κ2) is 5.94. The molecule has 3 N–H and O–H groups in total. The van der Waals surface area contributed by atoms with Crippen LogP contribution < -0.4 is 11.3 Å². The SMILES string of the molecule is CCCc1cccc2c(NN)cc(-c3ccccc3)nc12. The van der Waals surface area contributed by atoms with Gasteiger partial charge in [0.25, 0.3) is 0 Å². The molecule has 0 atom stereocenters. The van der Waals surface area contributed by atoms with Crippen LogP contribution in [-0.2, 0) is 6.42 Å². The predicted molar refractivity (Wildman–Crippen MR) is 89.0 cm³/mol. The van der Waals surface area contributed by atoms with Crippen molar-refractivity contribution in [3.63, 3.8) is 0 Å². The zero-order valence-electron chi connectivity index (χ0n) is 12.1. The number of nitrogen functional groups attached to an aromatic ring is 1. The number of nitrogens with two attached hydrogens (primary N) is 1. The zero-order chi connectivity index (χ0) is 14.7. The van der Waals surface area contributed by atoms with Gasteiger partial charge in [0, 0.05) is 10.9 Å². The van der Waals surface area contributed by atoms with Gasteiger partial charge in [-0.15, -0.1) is 0 Å². The Morgan fingerprint density at radius 1 is 1.05 bits per heavy atom. The molecule has 0 fully saturated rings. The number of pyridine rings is 1. The molecule has 3 nitrogen and oxygen atoms in total. The van der Waals surface area contributed by atoms with Gasteiger partial charge in [0.1, 0.15) is 0 Å². The number of hydrogen-bond acceptors (Lipinski definition) is 3. The molecule has 21 heavy (non-hydrogen) atoms. The summed E-state index contributed by atoms with van der Waals surface area (Å²) in [5, 5.41) is 1.07. The van der Waals surface area contributed by atoms with E-state index in [4.69, 9.17) is 10.8 Å². The highest BCUT2D eigenvalue weighted by Gasteiger charge is 2.09. The molecule has 3 rings (SSSR count). The molecule has 1 aromatic heterocycles. The van der Waals surface area contributed by atoms with Crippen molar-refractivity contribution in [3.8, 4) is 11.3 Å². The van der Waals surface area contributed by atoms with Crippen molar-refractivity contribution in [1.82, 2.24) is 4.98 Å². The fourth-order valence-electron chi connectivity index (χ4n) is 2.66. The summed E-state index contributed by atoms with van der Waals surface area (Å²) < 4.78 is 0. The Balaban J connectivity index is 2.26. The molecule has 0 aliphatic rings. The van der Waals surface area contributed by atoms with Crippen LogP contribution in [0.5, 0.6) is 0 Å². The average molecular weight is 277 g/mol. The van der Waals surface area contributed by atoms with Crippen molar-refractivity contribution >= 4 is 16.6 Å². The number of aromatic nitrogens is 1. The summed E-state index contributed by atoms with van der Waals surface area (Å²) in [6.45, 7) is 2.18. The molecule has 0 saturated heterocycles. The lowest BCUT2D eigenvalue weighted by atomic mass is 10.0. The molecule has 3 heteroatoms. The molecule has 2 aromatic carbocycles. The molecule has 0 unspecified atom stereocenters. The van der Waals surface area contributed by atoms with Crippen molar-refractivity contribution in [1.29, 1.82) is 0 Å². The first-order valence-electron chi connectivity index (χ1n) is 7.28. The highest BCUT2D eigenvalue weighted by Crippen LogP contribution is 2.30. The molecule has 0 bridgehead atoms. The lowest BCUT2D eigenvalue weighted by Gasteiger charge is -2.12. The molecule has 3 aromatic rings. The fraction of sp³-hybridized carbons (Fsp3) is 0.167. The molecule has 0 aliphatic carbocycles. The minimum Gasteiger partial charge on any atom is -0.323 e. The normalized spacial score (nSPS) is 10.8. The molecule has 0 aliphatic heterocycles. The van der Waals surface area contributed by atoms with Crippen LogP contribution in [0.15, 0.2) is 54.6 Å². The number of rotatable bonds is 4. The monoisotopic (exact) mass is 277 g/mol. The summed E-state index contributed by atoms with van der Waals surface area (Å²) in [4.78, 5) is 4.88. The molecule has 0 saturated carbocycles. The van der Waals surface area contributed by atoms with Crippen LogP contribution in [0.4, 0.5) is 5.69 Å². The van der Waals surface area contributed by atoms with Crippen molar-refractivity contribution < 1.29 is 0 Å². The predicted octanol–water partition coefficient (Wildman–Crippen LogP) is 4.14. The van der Waals surface area contributed by atoms with Crippen molar-refractivity contribution in [2.45, 2.75) is 19.8 Å². The number of nitrogens with zero attached hydrogens (tertiary/aromatic N) is 1. The van der Waals surface area contributed by atoms with Crippen molar-refractivity contribution in [2.24, 2.45) is 5.84 Å². The second-order valence-corrected chi connectivity index (χ2v) is 5.13. The van der Waals surface area contributed by atoms with Crippen molar-refractivity contribution in [3.05, 3.63) is 60.2 Å². The van der Waals surface area contributed by atoms with Crippen LogP contribution in [-0.4, -0.2) is 4.98 Å². The van der Waals surface area contributed by atoms with E-state index in [0.717, 1.165) is 40.7 Å². The van der Waals surface area contributed by atoms with Crippen LogP contribution >= 0.6 is 0 Å². The van der Waals surface area contributed by atoms with E-state index in [9.17, 15) is 0 Å². The summed E-state index contributed by atoms with van der Waals surface area (Å²) >= 11 is 0. The van der Waals surface area contributed by atoms with E-state index in [1.807, 2.05) is 24.3 Å². The molecule has 106 valence electrons. The van der Waals surface area contributed by atoms with Gasteiger partial charge in [-0.05, 0) is 18.1 Å². The van der Waals surface area contributed by atoms with Crippen molar-refractivity contribution in [2.75, 3.05) is 5.43 Å². The third-order valence-corrected chi connectivity index (χ3v) is 3.67. The smallest absolute Gasteiger partial charge is 0.0762 e. The van der Waals surface area contributed by atoms with Crippen LogP contribution in [0.3, 0.4) is 0 Å². The van der Waals surface area contributed by atoms with E-state index < -0.39 is 0 Å². The van der Waals surface area contributed by atoms with Crippen LogP contribution in [0, 0.1) is 0 Å². The Bertz CT molecular complexity index is 751. The van der Waals surface area contributed by atoms with E-state index in [2.05, 4.69) is 42.7 Å². The van der Waals surface area contributed by atoms with Crippen LogP contribution in [0.1, 0.15) is 18.9 Å². The van der Waals surface area contributed by atoms with Gasteiger partial charge in [0.15, 0.2) is 0 Å². The number of para-hydroxylation sites is 1. The first-order valence-corrected chi connectivity index (χ1v) is 7.28. The number of anilines is 1. The molecule has 0 radical (unpaired) electrons. The summed E-state index contributed by atoms with van der Waals surface area (Å²) in [5.74, 6) is 5.71. The van der Waals surface area contributed by atoms with E-state index in [-0.39, 0.29) is 0 Å². The van der Waals surface area contributed by atoms with Crippen LogP contribution in [0.2, 0.25) is 0 Å². The van der Waals surface area contributed by atoms with Gasteiger partial charge < -0.3 is 5.43 Å². The number of hydrazine groups is 1. The first kappa shape index (κ1) is 13.6. The van der Waals surface area contributed by atoms with Gasteiger partial charge >= 0.3 is 0 Å². The minimum atomic E-state index is 0.914. The third kappa shape index (κ3) is 2.60. The third-order valence-electron chi connectivity index (χ3n) is 3.67. The lowest BCUT2D eigenvalue weighted by Crippen LogP contribution is -2.08. The summed E-state index contributed by atoms with van der Waals surface area (Å²) in [6, 6.07) is 18.5. The topological polar surface area (TPSA) is 50.9 Å². The number of nitrogens with one attached hydrogen (secondary N) is 1. The summed E-state index contributed by atoms with van der Waals surface area (Å²) in [6.07, 6.45) is 2.12. The van der Waals surface area contributed by atoms with E-state index >= 15 is 0 Å². The number of fused-ring (bicyclic) bond motifs is 1. The first-order chi connectivity index (χ1) is 10.3. The Morgan fingerprint density at radius 2 is 1.86 bits per heavy atom. The Morgan fingerprint density at radius 3 is 2.57 bits per heavy atom. The molecule has 1 heterocycles. The lowest BCUT2D eigenvalue weighted by molar-refractivity contribution is 0.926. The minimum absolute atomic E-state index is 0.914. The maximum Gasteiger partial charge on any atom is 0.0762 e. The standard InChI is InChI=1S/C18H19N3/c1-2-7-14-10-6-11-15-17(21-19)12-16(20-18(14)15)13-8-4-3-5-9-13/h3-6,8-12H,2,7,19H2,1H3,(H,20,21). The Kier molecular flexibility index (Phi) is 3.84. The van der Waals surface area contributed by atoms with Gasteiger partial charge in [-0.2, -0.15) is 0 Å². The van der Waals surface area contributed by atoms with E-state index in [1.54, 1.807) is 0 Å². The second-order valence-electron chi connectivity index (χ2n) is 5.13. The Hall–Kier alpha value is -2.39. The molecular formula is C18H19N3.